The van der Waals surface area contributed by atoms with Crippen LogP contribution in [-0.4, -0.2) is 64.9 Å². The molecule has 1 atom stereocenters. The summed E-state index contributed by atoms with van der Waals surface area (Å²) in [6.45, 7) is 4.99. The largest absolute Gasteiger partial charge is 0.465 e. The predicted octanol–water partition coefficient (Wildman–Crippen LogP) is 0.0529. The van der Waals surface area contributed by atoms with Gasteiger partial charge in [-0.2, -0.15) is 0 Å². The van der Waals surface area contributed by atoms with E-state index in [9.17, 15) is 4.79 Å². The molecule has 0 aromatic carbocycles. The van der Waals surface area contributed by atoms with Gasteiger partial charge in [0.2, 0.25) is 0 Å². The number of piperazine rings is 1. The third-order valence-corrected chi connectivity index (χ3v) is 2.64. The Morgan fingerprint density at radius 2 is 2.21 bits per heavy atom. The summed E-state index contributed by atoms with van der Waals surface area (Å²) >= 11 is 0. The van der Waals surface area contributed by atoms with Crippen molar-refractivity contribution in [2.24, 2.45) is 0 Å². The number of rotatable bonds is 3. The number of carboxylic acid groups (broad SMARTS) is 1. The first kappa shape index (κ1) is 11.3. The normalized spacial score (nSPS) is 23.9. The van der Waals surface area contributed by atoms with Crippen molar-refractivity contribution in [3.8, 4) is 0 Å². The van der Waals surface area contributed by atoms with E-state index in [2.05, 4.69) is 4.90 Å². The SMILES string of the molecule is C[C@H]1CN(C(=O)O)CCN1CCCO. The van der Waals surface area contributed by atoms with E-state index in [1.54, 1.807) is 0 Å². The van der Waals surface area contributed by atoms with Gasteiger partial charge in [-0.05, 0) is 13.3 Å². The fourth-order valence-electron chi connectivity index (χ4n) is 1.77. The topological polar surface area (TPSA) is 64.0 Å². The van der Waals surface area contributed by atoms with Crippen LogP contribution in [0.15, 0.2) is 0 Å². The van der Waals surface area contributed by atoms with Crippen molar-refractivity contribution in [3.05, 3.63) is 0 Å². The molecule has 14 heavy (non-hydrogen) atoms. The summed E-state index contributed by atoms with van der Waals surface area (Å²) in [5.41, 5.74) is 0. The van der Waals surface area contributed by atoms with Gasteiger partial charge in [0.05, 0.1) is 0 Å². The lowest BCUT2D eigenvalue weighted by Gasteiger charge is -2.38. The van der Waals surface area contributed by atoms with Crippen LogP contribution in [0.1, 0.15) is 13.3 Å². The van der Waals surface area contributed by atoms with E-state index in [1.807, 2.05) is 6.92 Å². The van der Waals surface area contributed by atoms with Crippen LogP contribution in [0.2, 0.25) is 0 Å². The second-order valence-electron chi connectivity index (χ2n) is 3.69. The molecule has 0 bridgehead atoms. The molecule has 2 N–H and O–H groups in total. The van der Waals surface area contributed by atoms with Crippen LogP contribution in [0.25, 0.3) is 0 Å². The molecule has 1 aliphatic heterocycles. The predicted molar refractivity (Wildman–Crippen MR) is 52.3 cm³/mol. The Morgan fingerprint density at radius 1 is 1.50 bits per heavy atom. The van der Waals surface area contributed by atoms with E-state index in [0.29, 0.717) is 13.1 Å². The van der Waals surface area contributed by atoms with Crippen molar-refractivity contribution in [1.82, 2.24) is 9.80 Å². The Labute approximate surface area is 83.9 Å². The first-order valence-corrected chi connectivity index (χ1v) is 4.98. The molecule has 5 nitrogen and oxygen atoms in total. The van der Waals surface area contributed by atoms with E-state index in [0.717, 1.165) is 19.5 Å². The highest BCUT2D eigenvalue weighted by Crippen LogP contribution is 2.09. The summed E-state index contributed by atoms with van der Waals surface area (Å²) in [6.07, 6.45) is -0.0733. The average molecular weight is 202 g/mol. The summed E-state index contributed by atoms with van der Waals surface area (Å²) in [4.78, 5) is 14.4. The molecule has 1 heterocycles. The maximum Gasteiger partial charge on any atom is 0.407 e. The van der Waals surface area contributed by atoms with Crippen LogP contribution in [0.5, 0.6) is 0 Å². The minimum Gasteiger partial charge on any atom is -0.465 e. The fraction of sp³-hybridized carbons (Fsp3) is 0.889. The minimum atomic E-state index is -0.835. The number of hydrogen-bond donors (Lipinski definition) is 2. The van der Waals surface area contributed by atoms with Crippen molar-refractivity contribution in [2.75, 3.05) is 32.8 Å². The maximum atomic E-state index is 10.7. The Bertz CT molecular complexity index is 198. The zero-order valence-electron chi connectivity index (χ0n) is 8.52. The fourth-order valence-corrected chi connectivity index (χ4v) is 1.77. The zero-order chi connectivity index (χ0) is 10.6. The van der Waals surface area contributed by atoms with Crippen LogP contribution in [0.4, 0.5) is 4.79 Å². The van der Waals surface area contributed by atoms with E-state index in [1.165, 1.54) is 4.90 Å². The lowest BCUT2D eigenvalue weighted by molar-refractivity contribution is 0.0715. The molecule has 5 heteroatoms. The molecule has 1 amide bonds. The molecule has 0 aliphatic carbocycles. The molecular weight excluding hydrogens is 184 g/mol. The van der Waals surface area contributed by atoms with Gasteiger partial charge in [0.25, 0.3) is 0 Å². The number of aliphatic hydroxyl groups is 1. The van der Waals surface area contributed by atoms with Crippen LogP contribution in [0.3, 0.4) is 0 Å². The second-order valence-corrected chi connectivity index (χ2v) is 3.69. The second kappa shape index (κ2) is 5.17. The highest BCUT2D eigenvalue weighted by Gasteiger charge is 2.25. The molecule has 82 valence electrons. The van der Waals surface area contributed by atoms with E-state index in [4.69, 9.17) is 10.2 Å². The molecular formula is C9H18N2O3. The quantitative estimate of drug-likeness (QED) is 0.679. The van der Waals surface area contributed by atoms with Crippen LogP contribution >= 0.6 is 0 Å². The van der Waals surface area contributed by atoms with Gasteiger partial charge in [-0.1, -0.05) is 0 Å². The molecule has 1 fully saturated rings. The molecule has 0 spiro atoms. The Kier molecular flexibility index (Phi) is 4.16. The molecule has 0 saturated carbocycles. The Balaban J connectivity index is 2.35. The highest BCUT2D eigenvalue weighted by molar-refractivity contribution is 5.65. The smallest absolute Gasteiger partial charge is 0.407 e. The summed E-state index contributed by atoms with van der Waals surface area (Å²) in [5.74, 6) is 0. The molecule has 0 radical (unpaired) electrons. The number of carbonyl (C=O) groups is 1. The lowest BCUT2D eigenvalue weighted by Crippen LogP contribution is -2.53. The first-order valence-electron chi connectivity index (χ1n) is 4.98. The van der Waals surface area contributed by atoms with Gasteiger partial charge >= 0.3 is 6.09 Å². The van der Waals surface area contributed by atoms with Gasteiger partial charge in [0.1, 0.15) is 0 Å². The molecule has 1 rings (SSSR count). The molecule has 0 unspecified atom stereocenters. The van der Waals surface area contributed by atoms with E-state index < -0.39 is 6.09 Å². The van der Waals surface area contributed by atoms with Gasteiger partial charge in [-0.3, -0.25) is 4.90 Å². The number of nitrogens with zero attached hydrogens (tertiary/aromatic N) is 2. The summed E-state index contributed by atoms with van der Waals surface area (Å²) in [6, 6.07) is 0.256. The first-order chi connectivity index (χ1) is 6.65. The van der Waals surface area contributed by atoms with Crippen molar-refractivity contribution in [1.29, 1.82) is 0 Å². The van der Waals surface area contributed by atoms with Crippen molar-refractivity contribution in [3.63, 3.8) is 0 Å². The van der Waals surface area contributed by atoms with Crippen molar-refractivity contribution >= 4 is 6.09 Å². The zero-order valence-corrected chi connectivity index (χ0v) is 8.52. The Hall–Kier alpha value is -0.810. The lowest BCUT2D eigenvalue weighted by atomic mass is 10.2. The average Bonchev–Trinajstić information content (AvgIpc) is 2.15. The third kappa shape index (κ3) is 2.85. The van der Waals surface area contributed by atoms with Crippen LogP contribution in [0, 0.1) is 0 Å². The van der Waals surface area contributed by atoms with Gasteiger partial charge < -0.3 is 15.1 Å². The van der Waals surface area contributed by atoms with Gasteiger partial charge in [-0.15, -0.1) is 0 Å². The van der Waals surface area contributed by atoms with Gasteiger partial charge in [-0.25, -0.2) is 4.79 Å². The molecule has 1 saturated heterocycles. The Morgan fingerprint density at radius 3 is 2.71 bits per heavy atom. The number of aliphatic hydroxyl groups excluding tert-OH is 1. The number of hydrogen-bond acceptors (Lipinski definition) is 3. The summed E-state index contributed by atoms with van der Waals surface area (Å²) < 4.78 is 0. The van der Waals surface area contributed by atoms with Gasteiger partial charge in [0.15, 0.2) is 0 Å². The highest BCUT2D eigenvalue weighted by atomic mass is 16.4. The maximum absolute atomic E-state index is 10.7. The van der Waals surface area contributed by atoms with Crippen molar-refractivity contribution < 1.29 is 15.0 Å². The molecule has 0 aromatic heterocycles. The van der Waals surface area contributed by atoms with Crippen LogP contribution in [-0.2, 0) is 0 Å². The van der Waals surface area contributed by atoms with E-state index in [-0.39, 0.29) is 12.6 Å². The monoisotopic (exact) mass is 202 g/mol. The summed E-state index contributed by atoms with van der Waals surface area (Å²) in [7, 11) is 0. The molecule has 0 aromatic rings. The minimum absolute atomic E-state index is 0.200. The third-order valence-electron chi connectivity index (χ3n) is 2.64. The summed E-state index contributed by atoms with van der Waals surface area (Å²) in [5, 5.41) is 17.5. The standard InChI is InChI=1S/C9H18N2O3/c1-8-7-11(9(13)14)5-4-10(8)3-2-6-12/h8,12H,2-7H2,1H3,(H,13,14)/t8-/m0/s1. The molecule has 1 aliphatic rings. The van der Waals surface area contributed by atoms with Gasteiger partial charge in [0, 0.05) is 38.8 Å². The van der Waals surface area contributed by atoms with Crippen LogP contribution < -0.4 is 0 Å². The number of amides is 1. The van der Waals surface area contributed by atoms with Crippen molar-refractivity contribution in [2.45, 2.75) is 19.4 Å². The van der Waals surface area contributed by atoms with E-state index >= 15 is 0 Å².